The van der Waals surface area contributed by atoms with Crippen molar-refractivity contribution in [2.24, 2.45) is 4.99 Å². The highest BCUT2D eigenvalue weighted by atomic mass is 32.2. The Morgan fingerprint density at radius 1 is 1.14 bits per heavy atom. The topological polar surface area (TPSA) is 111 Å². The molecule has 10 nitrogen and oxygen atoms in total. The maximum absolute atomic E-state index is 15.0. The van der Waals surface area contributed by atoms with E-state index in [-0.39, 0.29) is 40.7 Å². The largest absolute Gasteiger partial charge is 0.435 e. The predicted molar refractivity (Wildman–Crippen MR) is 156 cm³/mol. The van der Waals surface area contributed by atoms with Gasteiger partial charge in [-0.05, 0) is 67.9 Å². The summed E-state index contributed by atoms with van der Waals surface area (Å²) in [6, 6.07) is 14.6. The van der Waals surface area contributed by atoms with Crippen LogP contribution >= 0.6 is 11.8 Å². The van der Waals surface area contributed by atoms with E-state index in [1.807, 2.05) is 32.0 Å². The molecule has 14 heteroatoms. The van der Waals surface area contributed by atoms with E-state index in [4.69, 9.17) is 4.74 Å². The van der Waals surface area contributed by atoms with Crippen molar-refractivity contribution in [1.82, 2.24) is 14.8 Å². The smallest absolute Gasteiger partial charge is 0.387 e. The molecule has 3 aromatic carbocycles. The zero-order valence-electron chi connectivity index (χ0n) is 23.0. The summed E-state index contributed by atoms with van der Waals surface area (Å²) in [5, 5.41) is 6.91. The van der Waals surface area contributed by atoms with Crippen LogP contribution in [0.3, 0.4) is 0 Å². The number of ether oxygens (including phenoxy) is 2. The van der Waals surface area contributed by atoms with Crippen molar-refractivity contribution >= 4 is 40.2 Å². The van der Waals surface area contributed by atoms with E-state index in [9.17, 15) is 18.4 Å². The highest BCUT2D eigenvalue weighted by Crippen LogP contribution is 2.31. The van der Waals surface area contributed by atoms with Crippen LogP contribution in [0, 0.1) is 12.7 Å². The van der Waals surface area contributed by atoms with Gasteiger partial charge < -0.3 is 14.8 Å². The van der Waals surface area contributed by atoms with Crippen LogP contribution in [0.1, 0.15) is 18.1 Å². The lowest BCUT2D eigenvalue weighted by Gasteiger charge is -2.20. The molecule has 43 heavy (non-hydrogen) atoms. The van der Waals surface area contributed by atoms with Crippen LogP contribution in [0.25, 0.3) is 17.1 Å². The highest BCUT2D eigenvalue weighted by Gasteiger charge is 2.32. The minimum Gasteiger partial charge on any atom is -0.435 e. The number of amidine groups is 1. The number of halogens is 3. The number of urea groups is 1. The van der Waals surface area contributed by atoms with Gasteiger partial charge in [-0.3, -0.25) is 9.69 Å². The number of hydrogen-bond donors (Lipinski definition) is 1. The van der Waals surface area contributed by atoms with Crippen LogP contribution in [-0.2, 0) is 16.1 Å². The third-order valence-corrected chi connectivity index (χ3v) is 7.12. The Labute approximate surface area is 248 Å². The first-order valence-corrected chi connectivity index (χ1v) is 14.0. The lowest BCUT2D eigenvalue weighted by Crippen LogP contribution is -2.31. The molecule has 1 N–H and O–H groups in total. The highest BCUT2D eigenvalue weighted by molar-refractivity contribution is 8.15. The van der Waals surface area contributed by atoms with Gasteiger partial charge in [0.25, 0.3) is 0 Å². The SMILES string of the molecule is CCOCc1ccc(C)cc1N1C(=O)CS/C1=N\C(=O)Nc1ccc(-c2ncn(-c3ccc(OC(F)F)cc3)n2)cc1F. The number of aliphatic imine (C=N–C) groups is 1. The Morgan fingerprint density at radius 2 is 1.93 bits per heavy atom. The number of alkyl halides is 2. The molecule has 0 saturated carbocycles. The molecule has 0 radical (unpaired) electrons. The lowest BCUT2D eigenvalue weighted by atomic mass is 10.1. The van der Waals surface area contributed by atoms with Crippen LogP contribution in [0.15, 0.2) is 72.0 Å². The molecule has 4 aromatic rings. The number of carbonyl (C=O) groups excluding carboxylic acids is 2. The average molecular weight is 611 g/mol. The molecular weight excluding hydrogens is 585 g/mol. The Morgan fingerprint density at radius 3 is 2.65 bits per heavy atom. The van der Waals surface area contributed by atoms with Gasteiger partial charge in [0.2, 0.25) is 5.91 Å². The lowest BCUT2D eigenvalue weighted by molar-refractivity contribution is -0.115. The van der Waals surface area contributed by atoms with E-state index in [1.165, 1.54) is 52.3 Å². The van der Waals surface area contributed by atoms with E-state index in [0.29, 0.717) is 23.5 Å². The first kappa shape index (κ1) is 29.8. The molecular formula is C29H25F3N6O4S. The fourth-order valence-corrected chi connectivity index (χ4v) is 5.04. The molecule has 0 bridgehead atoms. The normalized spacial score (nSPS) is 14.1. The zero-order valence-corrected chi connectivity index (χ0v) is 23.8. The summed E-state index contributed by atoms with van der Waals surface area (Å²) < 4.78 is 51.1. The minimum atomic E-state index is -2.93. The molecule has 2 heterocycles. The molecule has 5 rings (SSSR count). The van der Waals surface area contributed by atoms with Gasteiger partial charge in [-0.2, -0.15) is 13.8 Å². The summed E-state index contributed by atoms with van der Waals surface area (Å²) >= 11 is 1.11. The molecule has 0 atom stereocenters. The number of thioether (sulfide) groups is 1. The summed E-state index contributed by atoms with van der Waals surface area (Å²) in [6.45, 7) is 1.61. The van der Waals surface area contributed by atoms with Crippen molar-refractivity contribution < 1.29 is 32.2 Å². The summed E-state index contributed by atoms with van der Waals surface area (Å²) in [5.41, 5.74) is 3.00. The maximum atomic E-state index is 15.0. The molecule has 0 unspecified atom stereocenters. The Kier molecular flexibility index (Phi) is 9.07. The van der Waals surface area contributed by atoms with Gasteiger partial charge in [-0.15, -0.1) is 5.10 Å². The third kappa shape index (κ3) is 7.04. The van der Waals surface area contributed by atoms with E-state index >= 15 is 4.39 Å². The first-order chi connectivity index (χ1) is 20.7. The van der Waals surface area contributed by atoms with Crippen molar-refractivity contribution in [3.8, 4) is 22.8 Å². The fraction of sp³-hybridized carbons (Fsp3) is 0.207. The standard InChI is InChI=1S/C29H25F3N6O4S/c1-3-41-14-19-5-4-17(2)12-24(19)38-25(39)15-43-29(38)35-28(40)34-23-11-6-18(13-22(23)30)26-33-16-37(36-26)20-7-9-21(10-8-20)42-27(31)32/h4-13,16,27H,3,14-15H2,1-2H3,(H,34,40)/b35-29-. The van der Waals surface area contributed by atoms with Crippen molar-refractivity contribution in [2.45, 2.75) is 27.1 Å². The third-order valence-electron chi connectivity index (χ3n) is 6.19. The van der Waals surface area contributed by atoms with Gasteiger partial charge in [-0.25, -0.2) is 18.9 Å². The predicted octanol–water partition coefficient (Wildman–Crippen LogP) is 6.19. The van der Waals surface area contributed by atoms with Gasteiger partial charge in [0.15, 0.2) is 11.0 Å². The van der Waals surface area contributed by atoms with Crippen molar-refractivity contribution in [2.75, 3.05) is 22.6 Å². The number of nitrogens with one attached hydrogen (secondary N) is 1. The van der Waals surface area contributed by atoms with Crippen LogP contribution in [-0.4, -0.2) is 50.8 Å². The molecule has 222 valence electrons. The van der Waals surface area contributed by atoms with Gasteiger partial charge >= 0.3 is 12.6 Å². The average Bonchev–Trinajstić information content (AvgIpc) is 3.60. The van der Waals surface area contributed by atoms with Gasteiger partial charge in [0.1, 0.15) is 17.9 Å². The Hall–Kier alpha value is -4.69. The number of benzene rings is 3. The summed E-state index contributed by atoms with van der Waals surface area (Å²) in [4.78, 5) is 35.2. The number of anilines is 2. The second-order valence-corrected chi connectivity index (χ2v) is 10.1. The Bertz CT molecular complexity index is 1680. The van der Waals surface area contributed by atoms with E-state index < -0.39 is 18.5 Å². The number of carbonyl (C=O) groups is 2. The van der Waals surface area contributed by atoms with E-state index in [0.717, 1.165) is 29.0 Å². The monoisotopic (exact) mass is 610 g/mol. The number of amides is 3. The Balaban J connectivity index is 1.30. The molecule has 1 aromatic heterocycles. The van der Waals surface area contributed by atoms with Gasteiger partial charge in [0, 0.05) is 17.7 Å². The molecule has 1 aliphatic rings. The summed E-state index contributed by atoms with van der Waals surface area (Å²) in [6.07, 6.45) is 1.39. The number of hydrogen-bond acceptors (Lipinski definition) is 7. The van der Waals surface area contributed by atoms with E-state index in [2.05, 4.69) is 25.1 Å². The van der Waals surface area contributed by atoms with Gasteiger partial charge in [-0.1, -0.05) is 23.9 Å². The summed E-state index contributed by atoms with van der Waals surface area (Å²) in [7, 11) is 0. The number of rotatable bonds is 9. The zero-order chi connectivity index (χ0) is 30.5. The fourth-order valence-electron chi connectivity index (χ4n) is 4.18. The molecule has 1 fully saturated rings. The van der Waals surface area contributed by atoms with Crippen LogP contribution in [0.2, 0.25) is 0 Å². The number of aromatic nitrogens is 3. The molecule has 0 aliphatic carbocycles. The van der Waals surface area contributed by atoms with Crippen molar-refractivity contribution in [1.29, 1.82) is 0 Å². The van der Waals surface area contributed by atoms with E-state index in [1.54, 1.807) is 0 Å². The van der Waals surface area contributed by atoms with Crippen molar-refractivity contribution in [3.05, 3.63) is 83.9 Å². The van der Waals surface area contributed by atoms with Crippen LogP contribution < -0.4 is 15.0 Å². The van der Waals surface area contributed by atoms with Crippen LogP contribution in [0.4, 0.5) is 29.3 Å². The summed E-state index contributed by atoms with van der Waals surface area (Å²) in [5.74, 6) is -0.691. The molecule has 3 amide bonds. The quantitative estimate of drug-likeness (QED) is 0.241. The second kappa shape index (κ2) is 13.1. The minimum absolute atomic E-state index is 0.00347. The van der Waals surface area contributed by atoms with Crippen molar-refractivity contribution in [3.63, 3.8) is 0 Å². The first-order valence-electron chi connectivity index (χ1n) is 13.0. The molecule has 1 aliphatic heterocycles. The second-order valence-electron chi connectivity index (χ2n) is 9.19. The number of nitrogens with zero attached hydrogens (tertiary/aromatic N) is 5. The maximum Gasteiger partial charge on any atom is 0.387 e. The van der Waals surface area contributed by atoms with Gasteiger partial charge in [0.05, 0.1) is 29.4 Å². The van der Waals surface area contributed by atoms with Crippen LogP contribution in [0.5, 0.6) is 5.75 Å². The number of aryl methyl sites for hydroxylation is 1. The molecule has 1 saturated heterocycles. The molecule has 0 spiro atoms.